The zero-order valence-electron chi connectivity index (χ0n) is 23.8. The normalized spacial score (nSPS) is 11.0. The van der Waals surface area contributed by atoms with Crippen LogP contribution in [-0.4, -0.2) is 37.6 Å². The molecule has 7 nitrogen and oxygen atoms in total. The smallest absolute Gasteiger partial charge is 0.167 e. The Balaban J connectivity index is 1.10. The number of hydrogen-bond acceptors (Lipinski definition) is 8. The number of aryl methyl sites for hydroxylation is 1. The monoisotopic (exact) mass is 578 g/mol. The molecule has 0 unspecified atom stereocenters. The Bertz CT molecular complexity index is 1810. The molecule has 0 radical (unpaired) electrons. The average Bonchev–Trinajstić information content (AvgIpc) is 3.69. The van der Waals surface area contributed by atoms with E-state index in [-0.39, 0.29) is 0 Å². The third-order valence-electron chi connectivity index (χ3n) is 7.10. The number of hydrogen-bond donors (Lipinski definition) is 0. The summed E-state index contributed by atoms with van der Waals surface area (Å²) in [6.07, 6.45) is 0. The molecule has 0 N–H and O–H groups in total. The molecular formula is C34H30N2O5S. The number of ether oxygens (including phenoxy) is 4. The number of thiazole rings is 1. The highest BCUT2D eigenvalue weighted by molar-refractivity contribution is 7.21. The van der Waals surface area contributed by atoms with Crippen LogP contribution in [0.1, 0.15) is 11.1 Å². The summed E-state index contributed by atoms with van der Waals surface area (Å²) in [5.74, 6) is 3.43. The van der Waals surface area contributed by atoms with Gasteiger partial charge in [-0.25, -0.2) is 4.98 Å². The van der Waals surface area contributed by atoms with E-state index in [0.717, 1.165) is 55.5 Å². The molecule has 0 amide bonds. The second-order valence-electron chi connectivity index (χ2n) is 9.77. The van der Waals surface area contributed by atoms with Crippen LogP contribution in [0.25, 0.3) is 43.4 Å². The van der Waals surface area contributed by atoms with Crippen LogP contribution in [0.5, 0.6) is 23.0 Å². The van der Waals surface area contributed by atoms with Crippen molar-refractivity contribution in [2.75, 3.05) is 27.4 Å². The first-order chi connectivity index (χ1) is 20.5. The standard InChI is InChI=1S/C34H30N2O5S/c1-21-17-25(19-30(38-4)22(21)2)28-20-31(41-36-28)24-11-14-29(37-3)32(18-24)40-16-15-39-26-12-9-23(10-13-26)34-35-27-7-5-6-8-33(27)42-34/h5-14,17-20H,15-16H2,1-4H3. The van der Waals surface area contributed by atoms with Gasteiger partial charge >= 0.3 is 0 Å². The van der Waals surface area contributed by atoms with Crippen molar-refractivity contribution in [3.63, 3.8) is 0 Å². The predicted octanol–water partition coefficient (Wildman–Crippen LogP) is 8.38. The van der Waals surface area contributed by atoms with Crippen LogP contribution < -0.4 is 18.9 Å². The number of rotatable bonds is 10. The molecule has 0 aliphatic carbocycles. The van der Waals surface area contributed by atoms with Crippen LogP contribution in [0.4, 0.5) is 0 Å². The number of aromatic nitrogens is 2. The molecule has 0 atom stereocenters. The molecule has 0 fully saturated rings. The largest absolute Gasteiger partial charge is 0.496 e. The van der Waals surface area contributed by atoms with Gasteiger partial charge in [0, 0.05) is 22.8 Å². The van der Waals surface area contributed by atoms with Gasteiger partial charge in [0.15, 0.2) is 17.3 Å². The maximum atomic E-state index is 6.05. The number of methoxy groups -OCH3 is 2. The summed E-state index contributed by atoms with van der Waals surface area (Å²) in [5, 5.41) is 5.29. The summed E-state index contributed by atoms with van der Waals surface area (Å²) in [6.45, 7) is 4.80. The minimum absolute atomic E-state index is 0.337. The van der Waals surface area contributed by atoms with Crippen LogP contribution in [0, 0.1) is 13.8 Å². The Morgan fingerprint density at radius 3 is 2.24 bits per heavy atom. The Kier molecular flexibility index (Phi) is 7.79. The van der Waals surface area contributed by atoms with Gasteiger partial charge in [0.25, 0.3) is 0 Å². The zero-order chi connectivity index (χ0) is 29.1. The van der Waals surface area contributed by atoms with Crippen LogP contribution in [0.3, 0.4) is 0 Å². The van der Waals surface area contributed by atoms with E-state index < -0.39 is 0 Å². The Labute approximate surface area is 248 Å². The fourth-order valence-electron chi connectivity index (χ4n) is 4.68. The van der Waals surface area contributed by atoms with Crippen molar-refractivity contribution < 1.29 is 23.5 Å². The first kappa shape index (κ1) is 27.4. The van der Waals surface area contributed by atoms with E-state index in [1.165, 1.54) is 4.70 Å². The van der Waals surface area contributed by atoms with Gasteiger partial charge < -0.3 is 23.5 Å². The number of para-hydroxylation sites is 1. The fraction of sp³-hybridized carbons (Fsp3) is 0.176. The van der Waals surface area contributed by atoms with Crippen LogP contribution >= 0.6 is 11.3 Å². The molecule has 212 valence electrons. The molecule has 42 heavy (non-hydrogen) atoms. The minimum atomic E-state index is 0.337. The molecule has 6 rings (SSSR count). The topological polar surface area (TPSA) is 75.8 Å². The van der Waals surface area contributed by atoms with Gasteiger partial charge in [-0.15, -0.1) is 11.3 Å². The van der Waals surface area contributed by atoms with Gasteiger partial charge in [0.1, 0.15) is 35.4 Å². The Morgan fingerprint density at radius 2 is 1.45 bits per heavy atom. The highest BCUT2D eigenvalue weighted by Gasteiger charge is 2.15. The molecule has 0 saturated heterocycles. The minimum Gasteiger partial charge on any atom is -0.496 e. The van der Waals surface area contributed by atoms with Gasteiger partial charge in [-0.05, 0) is 91.7 Å². The lowest BCUT2D eigenvalue weighted by molar-refractivity contribution is 0.211. The third kappa shape index (κ3) is 5.66. The Morgan fingerprint density at radius 1 is 0.714 bits per heavy atom. The number of fused-ring (bicyclic) bond motifs is 1. The van der Waals surface area contributed by atoms with Crippen molar-refractivity contribution in [2.24, 2.45) is 0 Å². The molecule has 6 aromatic rings. The Hall–Kier alpha value is -4.82. The average molecular weight is 579 g/mol. The van der Waals surface area contributed by atoms with Crippen molar-refractivity contribution >= 4 is 21.6 Å². The summed E-state index contributed by atoms with van der Waals surface area (Å²) in [6, 6.07) is 27.7. The maximum Gasteiger partial charge on any atom is 0.167 e. The molecule has 0 aliphatic rings. The van der Waals surface area contributed by atoms with E-state index in [4.69, 9.17) is 28.5 Å². The molecule has 0 saturated carbocycles. The number of benzene rings is 4. The molecule has 2 aromatic heterocycles. The summed E-state index contributed by atoms with van der Waals surface area (Å²) in [5.41, 5.74) is 6.79. The van der Waals surface area contributed by atoms with Crippen molar-refractivity contribution in [1.29, 1.82) is 0 Å². The van der Waals surface area contributed by atoms with E-state index in [2.05, 4.69) is 24.2 Å². The first-order valence-corrected chi connectivity index (χ1v) is 14.4. The van der Waals surface area contributed by atoms with Crippen molar-refractivity contribution in [3.8, 4) is 56.2 Å². The summed E-state index contributed by atoms with van der Waals surface area (Å²) >= 11 is 1.68. The SMILES string of the molecule is COc1ccc(-c2cc(-c3cc(C)c(C)c(OC)c3)no2)cc1OCCOc1ccc(-c2nc3ccccc3s2)cc1. The first-order valence-electron chi connectivity index (χ1n) is 13.5. The fourth-order valence-corrected chi connectivity index (χ4v) is 5.65. The maximum absolute atomic E-state index is 6.05. The predicted molar refractivity (Wildman–Crippen MR) is 166 cm³/mol. The molecule has 0 bridgehead atoms. The van der Waals surface area contributed by atoms with E-state index in [9.17, 15) is 0 Å². The quantitative estimate of drug-likeness (QED) is 0.151. The zero-order valence-corrected chi connectivity index (χ0v) is 24.7. The number of nitrogens with zero attached hydrogens (tertiary/aromatic N) is 2. The summed E-state index contributed by atoms with van der Waals surface area (Å²) in [4.78, 5) is 4.73. The second kappa shape index (κ2) is 12.0. The lowest BCUT2D eigenvalue weighted by Gasteiger charge is -2.12. The molecule has 4 aromatic carbocycles. The van der Waals surface area contributed by atoms with Gasteiger partial charge in [0.05, 0.1) is 24.4 Å². The van der Waals surface area contributed by atoms with Crippen molar-refractivity contribution in [2.45, 2.75) is 13.8 Å². The molecule has 8 heteroatoms. The van der Waals surface area contributed by atoms with E-state index in [0.29, 0.717) is 30.5 Å². The second-order valence-corrected chi connectivity index (χ2v) is 10.8. The van der Waals surface area contributed by atoms with E-state index in [1.807, 2.05) is 79.7 Å². The summed E-state index contributed by atoms with van der Waals surface area (Å²) in [7, 11) is 3.29. The van der Waals surface area contributed by atoms with Crippen molar-refractivity contribution in [1.82, 2.24) is 10.1 Å². The molecular weight excluding hydrogens is 548 g/mol. The van der Waals surface area contributed by atoms with Crippen molar-refractivity contribution in [3.05, 3.63) is 96.1 Å². The molecule has 2 heterocycles. The van der Waals surface area contributed by atoms with E-state index in [1.54, 1.807) is 25.6 Å². The van der Waals surface area contributed by atoms with Gasteiger partial charge in [-0.2, -0.15) is 0 Å². The highest BCUT2D eigenvalue weighted by Crippen LogP contribution is 2.36. The summed E-state index contributed by atoms with van der Waals surface area (Å²) < 4.78 is 29.9. The van der Waals surface area contributed by atoms with Crippen LogP contribution in [-0.2, 0) is 0 Å². The highest BCUT2D eigenvalue weighted by atomic mass is 32.1. The van der Waals surface area contributed by atoms with E-state index >= 15 is 0 Å². The lowest BCUT2D eigenvalue weighted by Crippen LogP contribution is -2.09. The van der Waals surface area contributed by atoms with Crippen LogP contribution in [0.15, 0.2) is 89.5 Å². The van der Waals surface area contributed by atoms with Crippen LogP contribution in [0.2, 0.25) is 0 Å². The molecule has 0 aliphatic heterocycles. The van der Waals surface area contributed by atoms with Gasteiger partial charge in [-0.1, -0.05) is 17.3 Å². The lowest BCUT2D eigenvalue weighted by atomic mass is 10.0. The third-order valence-corrected chi connectivity index (χ3v) is 8.18. The van der Waals surface area contributed by atoms with Gasteiger partial charge in [-0.3, -0.25) is 0 Å². The van der Waals surface area contributed by atoms with Gasteiger partial charge in [0.2, 0.25) is 0 Å². The molecule has 0 spiro atoms.